The summed E-state index contributed by atoms with van der Waals surface area (Å²) < 4.78 is 42.5. The molecule has 11 nitrogen and oxygen atoms in total. The molecule has 0 saturated carbocycles. The molecule has 34 heavy (non-hydrogen) atoms. The predicted octanol–water partition coefficient (Wildman–Crippen LogP) is 1.20. The lowest BCUT2D eigenvalue weighted by molar-refractivity contribution is -0.143. The number of nitrogens with one attached hydrogen (secondary N) is 2. The van der Waals surface area contributed by atoms with Crippen LogP contribution in [-0.4, -0.2) is 71.2 Å². The molecule has 1 fully saturated rings. The number of amides is 4. The topological polar surface area (TPSA) is 156 Å². The van der Waals surface area contributed by atoms with Crippen LogP contribution in [0.4, 0.5) is 18.6 Å². The van der Waals surface area contributed by atoms with Crippen LogP contribution in [0.1, 0.15) is 15.9 Å². The fraction of sp³-hybridized carbons (Fsp3) is 0.368. The number of hydrogen-bond acceptors (Lipinski definition) is 8. The molecule has 15 heteroatoms. The fourth-order valence-electron chi connectivity index (χ4n) is 2.95. The van der Waals surface area contributed by atoms with E-state index in [1.807, 2.05) is 0 Å². The Morgan fingerprint density at radius 1 is 1.29 bits per heavy atom. The molecular weight excluding hydrogens is 544 g/mol. The van der Waals surface area contributed by atoms with E-state index in [0.29, 0.717) is 37.8 Å². The van der Waals surface area contributed by atoms with Crippen molar-refractivity contribution in [2.45, 2.75) is 12.7 Å². The van der Waals surface area contributed by atoms with Gasteiger partial charge >= 0.3 is 6.03 Å². The highest BCUT2D eigenvalue weighted by molar-refractivity contribution is 9.10. The number of morpholine rings is 1. The number of aliphatic hydroxyl groups excluding tert-OH is 1. The Hall–Kier alpha value is -2.88. The highest BCUT2D eigenvalue weighted by atomic mass is 79.9. The second-order valence-corrected chi connectivity index (χ2v) is 8.67. The van der Waals surface area contributed by atoms with Crippen LogP contribution in [0, 0.1) is 11.6 Å². The number of halogens is 3. The number of benzene rings is 1. The molecule has 2 aromatic rings. The molecule has 3 rings (SSSR count). The second kappa shape index (κ2) is 11.5. The van der Waals surface area contributed by atoms with Gasteiger partial charge in [-0.25, -0.2) is 13.6 Å². The first-order valence-corrected chi connectivity index (χ1v) is 11.4. The molecule has 0 spiro atoms. The average molecular weight is 564 g/mol. The highest BCUT2D eigenvalue weighted by Gasteiger charge is 2.26. The molecule has 0 aliphatic carbocycles. The number of primary amides is 1. The van der Waals surface area contributed by atoms with Gasteiger partial charge in [-0.2, -0.15) is 4.37 Å². The Morgan fingerprint density at radius 3 is 2.56 bits per heavy atom. The first-order chi connectivity index (χ1) is 16.2. The van der Waals surface area contributed by atoms with E-state index in [-0.39, 0.29) is 20.9 Å². The Morgan fingerprint density at radius 2 is 1.94 bits per heavy atom. The van der Waals surface area contributed by atoms with Crippen LogP contribution >= 0.6 is 27.5 Å². The van der Waals surface area contributed by atoms with Crippen molar-refractivity contribution in [2.75, 3.05) is 38.2 Å². The third kappa shape index (κ3) is 6.37. The van der Waals surface area contributed by atoms with Crippen molar-refractivity contribution in [3.05, 3.63) is 39.4 Å². The number of urea groups is 1. The number of carbonyl (C=O) groups excluding carboxylic acids is 3. The highest BCUT2D eigenvalue weighted by Crippen LogP contribution is 2.31. The van der Waals surface area contributed by atoms with Crippen LogP contribution in [0.2, 0.25) is 0 Å². The van der Waals surface area contributed by atoms with Crippen LogP contribution in [-0.2, 0) is 16.1 Å². The number of hydrogen-bond donors (Lipinski definition) is 4. The minimum atomic E-state index is -1.48. The van der Waals surface area contributed by atoms with Crippen molar-refractivity contribution in [1.82, 2.24) is 14.6 Å². The van der Waals surface area contributed by atoms with E-state index in [0.717, 1.165) is 12.1 Å². The van der Waals surface area contributed by atoms with Crippen molar-refractivity contribution < 1.29 is 37.7 Å². The Labute approximate surface area is 204 Å². The number of rotatable bonds is 8. The average Bonchev–Trinajstić information content (AvgIpc) is 3.19. The normalized spacial score (nSPS) is 14.4. The van der Waals surface area contributed by atoms with Crippen LogP contribution in [0.3, 0.4) is 0 Å². The minimum Gasteiger partial charge on any atom is -0.471 e. The lowest BCUT2D eigenvalue weighted by atomic mass is 10.2. The van der Waals surface area contributed by atoms with E-state index in [9.17, 15) is 28.3 Å². The first kappa shape index (κ1) is 25.7. The van der Waals surface area contributed by atoms with Crippen molar-refractivity contribution in [2.24, 2.45) is 5.73 Å². The van der Waals surface area contributed by atoms with Crippen LogP contribution in [0.25, 0.3) is 0 Å². The van der Waals surface area contributed by atoms with Gasteiger partial charge in [-0.15, -0.1) is 0 Å². The monoisotopic (exact) mass is 563 g/mol. The largest absolute Gasteiger partial charge is 0.471 e. The quantitative estimate of drug-likeness (QED) is 0.376. The maximum absolute atomic E-state index is 14.0. The molecule has 1 aliphatic rings. The van der Waals surface area contributed by atoms with E-state index < -0.39 is 54.3 Å². The van der Waals surface area contributed by atoms with Gasteiger partial charge in [0.25, 0.3) is 11.8 Å². The fourth-order valence-corrected chi connectivity index (χ4v) is 4.08. The summed E-state index contributed by atoms with van der Waals surface area (Å²) in [5.41, 5.74) is 4.66. The van der Waals surface area contributed by atoms with Gasteiger partial charge in [-0.1, -0.05) is 15.9 Å². The van der Waals surface area contributed by atoms with Gasteiger partial charge in [-0.3, -0.25) is 14.9 Å². The zero-order chi connectivity index (χ0) is 24.8. The van der Waals surface area contributed by atoms with Crippen molar-refractivity contribution >= 4 is 50.3 Å². The van der Waals surface area contributed by atoms with E-state index in [4.69, 9.17) is 15.2 Å². The molecule has 1 unspecified atom stereocenters. The zero-order valence-electron chi connectivity index (χ0n) is 17.5. The molecule has 1 aromatic carbocycles. The molecule has 5 N–H and O–H groups in total. The van der Waals surface area contributed by atoms with Gasteiger partial charge in [0.2, 0.25) is 5.88 Å². The maximum Gasteiger partial charge on any atom is 0.320 e. The van der Waals surface area contributed by atoms with E-state index in [1.54, 1.807) is 0 Å². The number of anilines is 1. The molecule has 1 saturated heterocycles. The third-order valence-electron chi connectivity index (χ3n) is 4.66. The summed E-state index contributed by atoms with van der Waals surface area (Å²) in [6.07, 6.45) is -1.48. The van der Waals surface area contributed by atoms with Crippen LogP contribution in [0.5, 0.6) is 5.88 Å². The zero-order valence-corrected chi connectivity index (χ0v) is 19.9. The first-order valence-electron chi connectivity index (χ1n) is 9.82. The summed E-state index contributed by atoms with van der Waals surface area (Å²) in [6, 6.07) is 1.25. The Kier molecular flexibility index (Phi) is 8.71. The summed E-state index contributed by atoms with van der Waals surface area (Å²) in [5.74, 6) is -3.62. The molecule has 1 aliphatic heterocycles. The molecule has 1 atom stereocenters. The molecule has 184 valence electrons. The second-order valence-electron chi connectivity index (χ2n) is 6.98. The number of nitrogens with zero attached hydrogens (tertiary/aromatic N) is 2. The van der Waals surface area contributed by atoms with E-state index >= 15 is 0 Å². The smallest absolute Gasteiger partial charge is 0.320 e. The lowest BCUT2D eigenvalue weighted by Crippen LogP contribution is -2.49. The third-order valence-corrected chi connectivity index (χ3v) is 5.86. The summed E-state index contributed by atoms with van der Waals surface area (Å²) >= 11 is 3.62. The van der Waals surface area contributed by atoms with Crippen LogP contribution in [0.15, 0.2) is 16.6 Å². The summed E-state index contributed by atoms with van der Waals surface area (Å²) in [6.45, 7) is 0.413. The number of aromatic nitrogens is 1. The van der Waals surface area contributed by atoms with E-state index in [2.05, 4.69) is 30.9 Å². The molecule has 0 bridgehead atoms. The van der Waals surface area contributed by atoms with Gasteiger partial charge in [0.05, 0.1) is 25.3 Å². The molecule has 1 aromatic heterocycles. The van der Waals surface area contributed by atoms with Crippen LogP contribution < -0.4 is 21.1 Å². The molecule has 2 heterocycles. The Balaban J connectivity index is 1.60. The summed E-state index contributed by atoms with van der Waals surface area (Å²) in [4.78, 5) is 37.7. The Bertz CT molecular complexity index is 1060. The molecule has 0 radical (unpaired) electrons. The number of carbonyl (C=O) groups is 3. The summed E-state index contributed by atoms with van der Waals surface area (Å²) in [7, 11) is 0. The van der Waals surface area contributed by atoms with E-state index in [1.165, 1.54) is 4.90 Å². The number of ether oxygens (including phenoxy) is 2. The summed E-state index contributed by atoms with van der Waals surface area (Å²) in [5, 5.41) is 14.6. The number of nitrogens with two attached hydrogens (primary N) is 1. The molecular formula is C19H20BrF2N5O6S. The van der Waals surface area contributed by atoms with Gasteiger partial charge in [0.15, 0.2) is 0 Å². The van der Waals surface area contributed by atoms with Gasteiger partial charge in [0.1, 0.15) is 34.9 Å². The molecule has 4 amide bonds. The SMILES string of the molecule is NC(=O)c1c(OCc2c(F)cc(Br)cc2F)nsc1NC(=O)NCC(O)C(=O)N1CCOCC1. The maximum atomic E-state index is 14.0. The standard InChI is InChI=1S/C19H20BrF2N5O6S/c20-9-5-11(21)10(12(22)6-9)8-33-16-14(15(23)29)17(34-26-16)25-19(31)24-7-13(28)18(30)27-1-3-32-4-2-27/h5-6,13,28H,1-4,7-8H2,(H2,23,29)(H2,24,25,31). The lowest BCUT2D eigenvalue weighted by Gasteiger charge is -2.28. The van der Waals surface area contributed by atoms with Gasteiger partial charge in [-0.05, 0) is 23.7 Å². The van der Waals surface area contributed by atoms with Gasteiger partial charge < -0.3 is 30.5 Å². The van der Waals surface area contributed by atoms with Crippen molar-refractivity contribution in [3.8, 4) is 5.88 Å². The van der Waals surface area contributed by atoms with Gasteiger partial charge in [0, 0.05) is 17.6 Å². The number of aliphatic hydroxyl groups is 1. The predicted molar refractivity (Wildman–Crippen MR) is 119 cm³/mol. The minimum absolute atomic E-state index is 0.0919. The van der Waals surface area contributed by atoms with Crippen molar-refractivity contribution in [1.29, 1.82) is 0 Å². The van der Waals surface area contributed by atoms with Crippen molar-refractivity contribution in [3.63, 3.8) is 0 Å².